The molecule has 1 saturated heterocycles. The number of urea groups is 1. The number of hydrogen-bond donors (Lipinski definition) is 2. The van der Waals surface area contributed by atoms with E-state index in [-0.39, 0.29) is 25.1 Å². The molecule has 0 spiro atoms. The Balaban J connectivity index is 2.01. The van der Waals surface area contributed by atoms with Gasteiger partial charge in [0.15, 0.2) is 0 Å². The third kappa shape index (κ3) is 4.15. The summed E-state index contributed by atoms with van der Waals surface area (Å²) in [5, 5.41) is 14.6. The van der Waals surface area contributed by atoms with E-state index in [2.05, 4.69) is 10.3 Å². The van der Waals surface area contributed by atoms with Crippen molar-refractivity contribution >= 4 is 23.3 Å². The van der Waals surface area contributed by atoms with E-state index in [0.29, 0.717) is 13.2 Å². The molecule has 1 fully saturated rings. The zero-order valence-electron chi connectivity index (χ0n) is 11.8. The van der Waals surface area contributed by atoms with Gasteiger partial charge >= 0.3 is 12.0 Å². The first-order valence-corrected chi connectivity index (χ1v) is 7.75. The Hall–Kier alpha value is -1.67. The minimum absolute atomic E-state index is 0.110. The first-order valence-electron chi connectivity index (χ1n) is 6.87. The van der Waals surface area contributed by atoms with Gasteiger partial charge in [-0.05, 0) is 6.42 Å². The molecule has 21 heavy (non-hydrogen) atoms. The largest absolute Gasteiger partial charge is 0.481 e. The summed E-state index contributed by atoms with van der Waals surface area (Å²) in [6, 6.07) is -0.831. The van der Waals surface area contributed by atoms with Crippen LogP contribution in [-0.2, 0) is 9.53 Å². The smallest absolute Gasteiger partial charge is 0.318 e. The third-order valence-electron chi connectivity index (χ3n) is 3.35. The van der Waals surface area contributed by atoms with Crippen LogP contribution in [0.1, 0.15) is 30.8 Å². The summed E-state index contributed by atoms with van der Waals surface area (Å²) >= 11 is 1.49. The molecule has 2 heterocycles. The van der Waals surface area contributed by atoms with E-state index in [9.17, 15) is 9.59 Å². The van der Waals surface area contributed by atoms with Gasteiger partial charge < -0.3 is 20.1 Å². The molecular weight excluding hydrogens is 294 g/mol. The summed E-state index contributed by atoms with van der Waals surface area (Å²) in [5.74, 6) is -0.935. The summed E-state index contributed by atoms with van der Waals surface area (Å²) in [6.45, 7) is 3.06. The minimum Gasteiger partial charge on any atom is -0.481 e. The number of carboxylic acids is 1. The standard InChI is InChI=1S/C13H19N3O4S/c1-2-10(12-14-3-6-21-12)15-13(19)16-4-5-20-8-9(16)7-11(17)18/h3,6,9-10H,2,4-5,7-8H2,1H3,(H,15,19)(H,17,18). The van der Waals surface area contributed by atoms with Crippen molar-refractivity contribution in [1.29, 1.82) is 0 Å². The van der Waals surface area contributed by atoms with Crippen LogP contribution in [0.2, 0.25) is 0 Å². The van der Waals surface area contributed by atoms with E-state index in [0.717, 1.165) is 11.4 Å². The van der Waals surface area contributed by atoms with E-state index >= 15 is 0 Å². The fourth-order valence-electron chi connectivity index (χ4n) is 2.27. The molecule has 116 valence electrons. The number of aromatic nitrogens is 1. The highest BCUT2D eigenvalue weighted by Gasteiger charge is 2.30. The summed E-state index contributed by atoms with van der Waals surface area (Å²) in [5.41, 5.74) is 0. The Morgan fingerprint density at radius 3 is 3.10 bits per heavy atom. The highest BCUT2D eigenvalue weighted by molar-refractivity contribution is 7.09. The Labute approximate surface area is 126 Å². The molecule has 0 bridgehead atoms. The van der Waals surface area contributed by atoms with Crippen LogP contribution in [0.4, 0.5) is 4.79 Å². The monoisotopic (exact) mass is 313 g/mol. The second-order valence-electron chi connectivity index (χ2n) is 4.80. The van der Waals surface area contributed by atoms with E-state index in [1.807, 2.05) is 12.3 Å². The molecule has 2 rings (SSSR count). The fourth-order valence-corrected chi connectivity index (χ4v) is 3.04. The van der Waals surface area contributed by atoms with Gasteiger partial charge in [0.2, 0.25) is 0 Å². The van der Waals surface area contributed by atoms with Crippen molar-refractivity contribution in [1.82, 2.24) is 15.2 Å². The summed E-state index contributed by atoms with van der Waals surface area (Å²) in [4.78, 5) is 29.0. The van der Waals surface area contributed by atoms with Crippen LogP contribution in [0.5, 0.6) is 0 Å². The number of hydrogen-bond acceptors (Lipinski definition) is 5. The number of nitrogens with zero attached hydrogens (tertiary/aromatic N) is 2. The zero-order chi connectivity index (χ0) is 15.2. The van der Waals surface area contributed by atoms with Gasteiger partial charge in [0, 0.05) is 18.1 Å². The summed E-state index contributed by atoms with van der Waals surface area (Å²) < 4.78 is 5.27. The molecule has 7 nitrogen and oxygen atoms in total. The van der Waals surface area contributed by atoms with Crippen molar-refractivity contribution in [3.8, 4) is 0 Å². The molecule has 0 saturated carbocycles. The number of amides is 2. The molecular formula is C13H19N3O4S. The lowest BCUT2D eigenvalue weighted by atomic mass is 10.1. The second kappa shape index (κ2) is 7.37. The van der Waals surface area contributed by atoms with Gasteiger partial charge in [0.25, 0.3) is 0 Å². The molecule has 8 heteroatoms. The Kier molecular flexibility index (Phi) is 5.51. The van der Waals surface area contributed by atoms with Crippen LogP contribution in [-0.4, -0.2) is 52.8 Å². The van der Waals surface area contributed by atoms with Gasteiger partial charge in [-0.1, -0.05) is 6.92 Å². The average molecular weight is 313 g/mol. The van der Waals surface area contributed by atoms with Crippen LogP contribution in [0.3, 0.4) is 0 Å². The number of aliphatic carboxylic acids is 1. The number of nitrogens with one attached hydrogen (secondary N) is 1. The second-order valence-corrected chi connectivity index (χ2v) is 5.73. The maximum atomic E-state index is 12.4. The van der Waals surface area contributed by atoms with Crippen molar-refractivity contribution in [2.75, 3.05) is 19.8 Å². The van der Waals surface area contributed by atoms with Crippen molar-refractivity contribution < 1.29 is 19.4 Å². The van der Waals surface area contributed by atoms with Gasteiger partial charge in [0.05, 0.1) is 31.7 Å². The van der Waals surface area contributed by atoms with Crippen LogP contribution >= 0.6 is 11.3 Å². The minimum atomic E-state index is -0.935. The number of carboxylic acid groups (broad SMARTS) is 1. The Morgan fingerprint density at radius 2 is 2.48 bits per heavy atom. The molecule has 2 unspecified atom stereocenters. The molecule has 0 radical (unpaired) electrons. The van der Waals surface area contributed by atoms with E-state index in [1.165, 1.54) is 11.3 Å². The highest BCUT2D eigenvalue weighted by atomic mass is 32.1. The van der Waals surface area contributed by atoms with Crippen molar-refractivity contribution in [2.45, 2.75) is 31.8 Å². The predicted molar refractivity (Wildman–Crippen MR) is 77.2 cm³/mol. The Bertz CT molecular complexity index is 480. The van der Waals surface area contributed by atoms with Gasteiger partial charge in [-0.3, -0.25) is 4.79 Å². The normalized spacial score (nSPS) is 20.0. The molecule has 0 aliphatic carbocycles. The Morgan fingerprint density at radius 1 is 1.67 bits per heavy atom. The SMILES string of the molecule is CCC(NC(=O)N1CCOCC1CC(=O)O)c1nccs1. The van der Waals surface area contributed by atoms with Gasteiger partial charge in [-0.15, -0.1) is 11.3 Å². The fraction of sp³-hybridized carbons (Fsp3) is 0.615. The summed E-state index contributed by atoms with van der Waals surface area (Å²) in [6.07, 6.45) is 2.32. The third-order valence-corrected chi connectivity index (χ3v) is 4.24. The number of carbonyl (C=O) groups is 2. The van der Waals surface area contributed by atoms with E-state index < -0.39 is 12.0 Å². The number of thiazole rings is 1. The van der Waals surface area contributed by atoms with Crippen LogP contribution < -0.4 is 5.32 Å². The molecule has 2 N–H and O–H groups in total. The maximum Gasteiger partial charge on any atom is 0.318 e. The average Bonchev–Trinajstić information content (AvgIpc) is 2.98. The molecule has 1 aliphatic heterocycles. The lowest BCUT2D eigenvalue weighted by molar-refractivity contribution is -0.139. The number of morpholine rings is 1. The number of ether oxygens (including phenoxy) is 1. The molecule has 1 aromatic rings. The number of carbonyl (C=O) groups excluding carboxylic acids is 1. The van der Waals surface area contributed by atoms with Gasteiger partial charge in [-0.2, -0.15) is 0 Å². The lowest BCUT2D eigenvalue weighted by Gasteiger charge is -2.35. The van der Waals surface area contributed by atoms with E-state index in [4.69, 9.17) is 9.84 Å². The quantitative estimate of drug-likeness (QED) is 0.859. The summed E-state index contributed by atoms with van der Waals surface area (Å²) in [7, 11) is 0. The molecule has 1 aromatic heterocycles. The topological polar surface area (TPSA) is 91.8 Å². The number of rotatable bonds is 5. The van der Waals surface area contributed by atoms with Crippen LogP contribution in [0.15, 0.2) is 11.6 Å². The van der Waals surface area contributed by atoms with Crippen molar-refractivity contribution in [2.24, 2.45) is 0 Å². The highest BCUT2D eigenvalue weighted by Crippen LogP contribution is 2.20. The lowest BCUT2D eigenvalue weighted by Crippen LogP contribution is -2.53. The molecule has 1 aliphatic rings. The van der Waals surface area contributed by atoms with Crippen LogP contribution in [0.25, 0.3) is 0 Å². The first-order chi connectivity index (χ1) is 10.1. The van der Waals surface area contributed by atoms with Gasteiger partial charge in [-0.25, -0.2) is 9.78 Å². The van der Waals surface area contributed by atoms with Crippen molar-refractivity contribution in [3.63, 3.8) is 0 Å². The molecule has 0 aromatic carbocycles. The molecule has 2 atom stereocenters. The van der Waals surface area contributed by atoms with Crippen molar-refractivity contribution in [3.05, 3.63) is 16.6 Å². The van der Waals surface area contributed by atoms with Crippen LogP contribution in [0, 0.1) is 0 Å². The maximum absolute atomic E-state index is 12.4. The van der Waals surface area contributed by atoms with Gasteiger partial charge in [0.1, 0.15) is 5.01 Å². The van der Waals surface area contributed by atoms with E-state index in [1.54, 1.807) is 11.1 Å². The zero-order valence-corrected chi connectivity index (χ0v) is 12.6. The first kappa shape index (κ1) is 15.7. The molecule has 2 amide bonds. The predicted octanol–water partition coefficient (Wildman–Crippen LogP) is 1.48.